The first-order valence-electron chi connectivity index (χ1n) is 10.6. The van der Waals surface area contributed by atoms with E-state index in [1.165, 1.54) is 5.56 Å². The highest BCUT2D eigenvalue weighted by molar-refractivity contribution is 5.96. The molecule has 0 aliphatic carbocycles. The summed E-state index contributed by atoms with van der Waals surface area (Å²) in [5.74, 6) is 0.151. The third-order valence-electron chi connectivity index (χ3n) is 5.36. The van der Waals surface area contributed by atoms with Crippen molar-refractivity contribution in [3.63, 3.8) is 0 Å². The van der Waals surface area contributed by atoms with Gasteiger partial charge in [-0.15, -0.1) is 12.4 Å². The fourth-order valence-corrected chi connectivity index (χ4v) is 3.78. The first kappa shape index (κ1) is 23.9. The minimum Gasteiger partial charge on any atom is -0.330 e. The summed E-state index contributed by atoms with van der Waals surface area (Å²) in [7, 11) is 0. The number of carbonyl (C=O) groups is 2. The second-order valence-corrected chi connectivity index (χ2v) is 7.65. The summed E-state index contributed by atoms with van der Waals surface area (Å²) in [6.45, 7) is 1.49. The quantitative estimate of drug-likeness (QED) is 0.577. The first-order chi connectivity index (χ1) is 14.2. The molecule has 5 nitrogen and oxygen atoms in total. The van der Waals surface area contributed by atoms with Crippen LogP contribution in [0.3, 0.4) is 0 Å². The summed E-state index contributed by atoms with van der Waals surface area (Å²) < 4.78 is 0. The number of halogens is 1. The number of nitrogens with zero attached hydrogens (tertiary/aromatic N) is 1. The molecule has 0 fully saturated rings. The highest BCUT2D eigenvalue weighted by atomic mass is 35.5. The van der Waals surface area contributed by atoms with Crippen molar-refractivity contribution >= 4 is 35.6 Å². The zero-order valence-corrected chi connectivity index (χ0v) is 18.3. The average Bonchev–Trinajstić information content (AvgIpc) is 2.74. The van der Waals surface area contributed by atoms with E-state index < -0.39 is 0 Å². The molecule has 1 heterocycles. The van der Waals surface area contributed by atoms with Crippen molar-refractivity contribution in [3.05, 3.63) is 59.7 Å². The lowest BCUT2D eigenvalue weighted by molar-refractivity contribution is -0.118. The van der Waals surface area contributed by atoms with Crippen LogP contribution < -0.4 is 16.0 Å². The smallest absolute Gasteiger partial charge is 0.231 e. The van der Waals surface area contributed by atoms with Gasteiger partial charge in [0.25, 0.3) is 0 Å². The summed E-state index contributed by atoms with van der Waals surface area (Å²) in [6.07, 6.45) is 6.93. The highest BCUT2D eigenvalue weighted by Gasteiger charge is 2.22. The number of rotatable bonds is 9. The number of para-hydroxylation sites is 1. The number of nitrogens with two attached hydrogens (primary N) is 1. The fourth-order valence-electron chi connectivity index (χ4n) is 3.78. The molecule has 2 amide bonds. The number of nitrogens with one attached hydrogen (secondary N) is 1. The van der Waals surface area contributed by atoms with Crippen molar-refractivity contribution in [1.29, 1.82) is 0 Å². The lowest BCUT2D eigenvalue weighted by Gasteiger charge is -2.29. The van der Waals surface area contributed by atoms with Crippen molar-refractivity contribution in [2.45, 2.75) is 51.4 Å². The van der Waals surface area contributed by atoms with Crippen molar-refractivity contribution < 1.29 is 9.59 Å². The topological polar surface area (TPSA) is 75.4 Å². The Kier molecular flexibility index (Phi) is 9.84. The number of fused-ring (bicyclic) bond motifs is 1. The van der Waals surface area contributed by atoms with E-state index in [4.69, 9.17) is 5.73 Å². The van der Waals surface area contributed by atoms with Crippen LogP contribution in [-0.2, 0) is 22.4 Å². The maximum atomic E-state index is 12.8. The fraction of sp³-hybridized carbons (Fsp3) is 0.417. The van der Waals surface area contributed by atoms with Gasteiger partial charge >= 0.3 is 0 Å². The molecule has 162 valence electrons. The molecule has 0 saturated heterocycles. The van der Waals surface area contributed by atoms with E-state index in [1.807, 2.05) is 47.4 Å². The number of amides is 2. The van der Waals surface area contributed by atoms with E-state index in [2.05, 4.69) is 11.4 Å². The molecule has 2 aromatic rings. The Morgan fingerprint density at radius 2 is 1.70 bits per heavy atom. The summed E-state index contributed by atoms with van der Waals surface area (Å²) >= 11 is 0. The Labute approximate surface area is 185 Å². The van der Waals surface area contributed by atoms with Crippen molar-refractivity contribution in [2.24, 2.45) is 5.73 Å². The molecular weight excluding hydrogens is 398 g/mol. The number of aryl methyl sites for hydroxylation is 1. The number of anilines is 2. The van der Waals surface area contributed by atoms with Crippen LogP contribution in [0.25, 0.3) is 0 Å². The SMILES string of the molecule is Cl.NCCCCCCC(=O)Nc1ccc(CC(=O)N2CCCc3ccccc32)cc1. The molecule has 30 heavy (non-hydrogen) atoms. The van der Waals surface area contributed by atoms with Gasteiger partial charge in [-0.2, -0.15) is 0 Å². The van der Waals surface area contributed by atoms with E-state index in [-0.39, 0.29) is 24.2 Å². The van der Waals surface area contributed by atoms with Crippen LogP contribution in [0.4, 0.5) is 11.4 Å². The maximum absolute atomic E-state index is 12.8. The van der Waals surface area contributed by atoms with E-state index in [9.17, 15) is 9.59 Å². The second-order valence-electron chi connectivity index (χ2n) is 7.65. The number of carbonyl (C=O) groups excluding carboxylic acids is 2. The van der Waals surface area contributed by atoms with Gasteiger partial charge in [-0.05, 0) is 61.6 Å². The third kappa shape index (κ3) is 6.85. The van der Waals surface area contributed by atoms with Gasteiger partial charge < -0.3 is 16.0 Å². The van der Waals surface area contributed by atoms with Gasteiger partial charge in [0, 0.05) is 24.3 Å². The van der Waals surface area contributed by atoms with Crippen LogP contribution in [0.1, 0.15) is 49.7 Å². The van der Waals surface area contributed by atoms with Crippen LogP contribution in [0.5, 0.6) is 0 Å². The molecule has 1 aliphatic rings. The normalized spacial score (nSPS) is 12.6. The highest BCUT2D eigenvalue weighted by Crippen LogP contribution is 2.27. The predicted molar refractivity (Wildman–Crippen MR) is 125 cm³/mol. The van der Waals surface area contributed by atoms with Gasteiger partial charge in [0.15, 0.2) is 0 Å². The Hall–Kier alpha value is -2.37. The third-order valence-corrected chi connectivity index (χ3v) is 5.36. The number of hydrogen-bond donors (Lipinski definition) is 2. The monoisotopic (exact) mass is 429 g/mol. The Balaban J connectivity index is 0.00000320. The molecule has 0 unspecified atom stereocenters. The Morgan fingerprint density at radius 1 is 0.967 bits per heavy atom. The molecule has 0 saturated carbocycles. The van der Waals surface area contributed by atoms with Gasteiger partial charge in [-0.3, -0.25) is 9.59 Å². The lowest BCUT2D eigenvalue weighted by Crippen LogP contribution is -2.36. The molecule has 2 aromatic carbocycles. The number of hydrogen-bond acceptors (Lipinski definition) is 3. The van der Waals surface area contributed by atoms with Crippen LogP contribution >= 0.6 is 12.4 Å². The van der Waals surface area contributed by atoms with E-state index in [1.54, 1.807) is 0 Å². The van der Waals surface area contributed by atoms with Crippen molar-refractivity contribution in [3.8, 4) is 0 Å². The van der Waals surface area contributed by atoms with Crippen LogP contribution in [0.2, 0.25) is 0 Å². The molecule has 1 aliphatic heterocycles. The van der Waals surface area contributed by atoms with Gasteiger partial charge in [0.1, 0.15) is 0 Å². The zero-order valence-electron chi connectivity index (χ0n) is 17.4. The van der Waals surface area contributed by atoms with E-state index in [0.717, 1.165) is 62.0 Å². The summed E-state index contributed by atoms with van der Waals surface area (Å²) in [5, 5.41) is 2.93. The predicted octanol–water partition coefficient (Wildman–Crippen LogP) is 4.48. The molecule has 3 rings (SSSR count). The molecule has 6 heteroatoms. The minimum atomic E-state index is 0. The van der Waals surface area contributed by atoms with Crippen LogP contribution in [0.15, 0.2) is 48.5 Å². The summed E-state index contributed by atoms with van der Waals surface area (Å²) in [6, 6.07) is 15.7. The molecular formula is C24H32ClN3O2. The number of unbranched alkanes of at least 4 members (excludes halogenated alkanes) is 3. The minimum absolute atomic E-state index is 0. The van der Waals surface area contributed by atoms with Crippen molar-refractivity contribution in [1.82, 2.24) is 0 Å². The molecule has 0 bridgehead atoms. The molecule has 0 radical (unpaired) electrons. The first-order valence-corrected chi connectivity index (χ1v) is 10.6. The van der Waals surface area contributed by atoms with Crippen LogP contribution in [-0.4, -0.2) is 24.9 Å². The van der Waals surface area contributed by atoms with E-state index >= 15 is 0 Å². The number of benzene rings is 2. The summed E-state index contributed by atoms with van der Waals surface area (Å²) in [5.41, 5.74) is 9.49. The zero-order chi connectivity index (χ0) is 20.5. The van der Waals surface area contributed by atoms with E-state index in [0.29, 0.717) is 19.4 Å². The van der Waals surface area contributed by atoms with Gasteiger partial charge in [0.05, 0.1) is 6.42 Å². The largest absolute Gasteiger partial charge is 0.330 e. The maximum Gasteiger partial charge on any atom is 0.231 e. The van der Waals surface area contributed by atoms with Gasteiger partial charge in [0.2, 0.25) is 11.8 Å². The summed E-state index contributed by atoms with van der Waals surface area (Å²) in [4.78, 5) is 26.8. The van der Waals surface area contributed by atoms with Crippen molar-refractivity contribution in [2.75, 3.05) is 23.3 Å². The Bertz CT molecular complexity index is 823. The van der Waals surface area contributed by atoms with Gasteiger partial charge in [-0.1, -0.05) is 43.2 Å². The average molecular weight is 430 g/mol. The standard InChI is InChI=1S/C24H31N3O2.ClH/c25-16-6-2-1-3-11-23(28)26-21-14-12-19(13-15-21)18-24(29)27-17-7-9-20-8-4-5-10-22(20)27;/h4-5,8,10,12-15H,1-3,6-7,9,11,16-18,25H2,(H,26,28);1H. The Morgan fingerprint density at radius 3 is 2.47 bits per heavy atom. The molecule has 0 atom stereocenters. The molecule has 3 N–H and O–H groups in total. The van der Waals surface area contributed by atoms with Gasteiger partial charge in [-0.25, -0.2) is 0 Å². The van der Waals surface area contributed by atoms with Crippen LogP contribution in [0, 0.1) is 0 Å². The molecule has 0 spiro atoms. The lowest BCUT2D eigenvalue weighted by atomic mass is 10.0. The molecule has 0 aromatic heterocycles. The second kappa shape index (κ2) is 12.4.